The molecule has 1 aromatic heterocycles. The lowest BCUT2D eigenvalue weighted by atomic mass is 10.1. The van der Waals surface area contributed by atoms with Crippen LogP contribution in [0.15, 0.2) is 30.5 Å². The van der Waals surface area contributed by atoms with Crippen molar-refractivity contribution in [2.75, 3.05) is 28.6 Å². The van der Waals surface area contributed by atoms with Crippen molar-refractivity contribution in [1.29, 1.82) is 0 Å². The van der Waals surface area contributed by atoms with E-state index in [0.29, 0.717) is 0 Å². The van der Waals surface area contributed by atoms with E-state index in [9.17, 15) is 35.9 Å². The molecular weight excluding hydrogens is 474 g/mol. The highest BCUT2D eigenvalue weighted by atomic mass is 19.4. The Kier molecular flexibility index (Phi) is 6.24. The van der Waals surface area contributed by atoms with E-state index in [1.165, 1.54) is 0 Å². The summed E-state index contributed by atoms with van der Waals surface area (Å²) >= 11 is 0. The zero-order valence-electron chi connectivity index (χ0n) is 17.7. The van der Waals surface area contributed by atoms with Crippen LogP contribution >= 0.6 is 0 Å². The number of amides is 3. The molecule has 2 heterocycles. The number of anilines is 3. The molecule has 0 radical (unpaired) electrons. The Morgan fingerprint density at radius 1 is 1.21 bits per heavy atom. The third kappa shape index (κ3) is 5.96. The molecule has 3 amide bonds. The molecule has 1 aliphatic rings. The van der Waals surface area contributed by atoms with Crippen LogP contribution in [0.3, 0.4) is 0 Å². The summed E-state index contributed by atoms with van der Waals surface area (Å²) in [6.45, 7) is 1.89. The van der Waals surface area contributed by atoms with Crippen LogP contribution in [0.2, 0.25) is 0 Å². The summed E-state index contributed by atoms with van der Waals surface area (Å²) in [5.74, 6) is -2.59. The minimum Gasteiger partial charge on any atom is -0.406 e. The number of rotatable bonds is 5. The van der Waals surface area contributed by atoms with Gasteiger partial charge in [0.05, 0.1) is 12.1 Å². The van der Waals surface area contributed by atoms with E-state index >= 15 is 0 Å². The van der Waals surface area contributed by atoms with Gasteiger partial charge in [0.25, 0.3) is 5.91 Å². The Bertz CT molecular complexity index is 1090. The van der Waals surface area contributed by atoms with Crippen LogP contribution in [0.1, 0.15) is 24.2 Å². The quantitative estimate of drug-likeness (QED) is 0.618. The summed E-state index contributed by atoms with van der Waals surface area (Å²) in [7, 11) is 0. The van der Waals surface area contributed by atoms with Crippen LogP contribution in [0, 0.1) is 0 Å². The van der Waals surface area contributed by atoms with E-state index in [1.807, 2.05) is 0 Å². The van der Waals surface area contributed by atoms with Gasteiger partial charge in [-0.15, -0.1) is 13.2 Å². The van der Waals surface area contributed by atoms with Crippen molar-refractivity contribution in [3.8, 4) is 5.75 Å². The highest BCUT2D eigenvalue weighted by molar-refractivity contribution is 6.09. The topological polar surface area (TPSA) is 114 Å². The van der Waals surface area contributed by atoms with Crippen LogP contribution in [-0.4, -0.2) is 53.1 Å². The molecule has 0 spiro atoms. The molecule has 0 unspecified atom stereocenters. The second kappa shape index (κ2) is 8.53. The van der Waals surface area contributed by atoms with Crippen molar-refractivity contribution in [1.82, 2.24) is 15.3 Å². The van der Waals surface area contributed by atoms with Gasteiger partial charge in [0.2, 0.25) is 5.95 Å². The fraction of sp³-hybridized carbons (Fsp3) is 0.368. The lowest BCUT2D eigenvalue weighted by Crippen LogP contribution is -2.39. The number of carbonyl (C=O) groups excluding carboxylic acids is 2. The number of hydrogen-bond acceptors (Lipinski definition) is 6. The minimum atomic E-state index is -5.00. The van der Waals surface area contributed by atoms with Gasteiger partial charge in [0, 0.05) is 11.9 Å². The monoisotopic (exact) mass is 492 g/mol. The third-order valence-electron chi connectivity index (χ3n) is 4.49. The zero-order chi connectivity index (χ0) is 25.5. The molecule has 3 rings (SSSR count). The molecule has 2 aromatic rings. The molecule has 0 bridgehead atoms. The Balaban J connectivity index is 1.90. The van der Waals surface area contributed by atoms with Crippen LogP contribution < -0.4 is 25.6 Å². The first-order chi connectivity index (χ1) is 15.5. The van der Waals surface area contributed by atoms with Gasteiger partial charge in [-0.25, -0.2) is 9.78 Å². The number of nitrogens with one attached hydrogen (secondary N) is 1. The molecule has 9 nitrogen and oxygen atoms in total. The Labute approximate surface area is 188 Å². The van der Waals surface area contributed by atoms with Gasteiger partial charge in [-0.2, -0.15) is 18.2 Å². The number of halogens is 6. The van der Waals surface area contributed by atoms with Gasteiger partial charge < -0.3 is 15.8 Å². The fourth-order valence-electron chi connectivity index (χ4n) is 3.14. The van der Waals surface area contributed by atoms with E-state index in [2.05, 4.69) is 20.0 Å². The van der Waals surface area contributed by atoms with E-state index in [-0.39, 0.29) is 23.1 Å². The van der Waals surface area contributed by atoms with E-state index < -0.39 is 53.7 Å². The number of urea groups is 1. The van der Waals surface area contributed by atoms with Gasteiger partial charge in [0.15, 0.2) is 0 Å². The average molecular weight is 492 g/mol. The molecule has 1 saturated heterocycles. The van der Waals surface area contributed by atoms with Crippen molar-refractivity contribution < 1.29 is 40.7 Å². The maximum Gasteiger partial charge on any atom is 0.573 e. The number of carbonyl (C=O) groups is 2. The summed E-state index contributed by atoms with van der Waals surface area (Å²) in [6, 6.07) is 2.70. The zero-order valence-corrected chi connectivity index (χ0v) is 17.7. The van der Waals surface area contributed by atoms with Gasteiger partial charge in [0.1, 0.15) is 23.7 Å². The van der Waals surface area contributed by atoms with Crippen molar-refractivity contribution >= 4 is 29.4 Å². The summed E-state index contributed by atoms with van der Waals surface area (Å²) in [4.78, 5) is 34.2. The van der Waals surface area contributed by atoms with Gasteiger partial charge >= 0.3 is 18.6 Å². The number of alkyl halides is 6. The van der Waals surface area contributed by atoms with Gasteiger partial charge in [-0.1, -0.05) is 0 Å². The maximum absolute atomic E-state index is 13.2. The predicted molar refractivity (Wildman–Crippen MR) is 107 cm³/mol. The van der Waals surface area contributed by atoms with E-state index in [1.54, 1.807) is 13.8 Å². The third-order valence-corrected chi connectivity index (χ3v) is 4.49. The van der Waals surface area contributed by atoms with Crippen molar-refractivity contribution in [3.63, 3.8) is 0 Å². The predicted octanol–water partition coefficient (Wildman–Crippen LogP) is 3.47. The summed E-state index contributed by atoms with van der Waals surface area (Å²) in [5.41, 5.74) is 4.32. The number of nitrogens with zero attached hydrogens (tertiary/aromatic N) is 4. The van der Waals surface area contributed by atoms with Crippen molar-refractivity contribution in [2.45, 2.75) is 31.9 Å². The normalized spacial score (nSPS) is 15.8. The van der Waals surface area contributed by atoms with Crippen LogP contribution in [0.25, 0.3) is 0 Å². The standard InChI is InChI=1S/C19H18F6N6O3/c1-17(2)8-31(16(33)29-17)15-27-7-12(13(26)28-15)14(32)30(9-18(20,21)22)10-3-5-11(6-4-10)34-19(23,24)25/h3-7H,8-9H2,1-2H3,(H,29,33)(H2,26,27,28). The molecule has 184 valence electrons. The molecule has 0 aliphatic carbocycles. The van der Waals surface area contributed by atoms with Crippen molar-refractivity contribution in [2.24, 2.45) is 0 Å². The lowest BCUT2D eigenvalue weighted by molar-refractivity contribution is -0.274. The van der Waals surface area contributed by atoms with E-state index in [0.717, 1.165) is 35.4 Å². The SMILES string of the molecule is CC1(C)CN(c2ncc(C(=O)N(CC(F)(F)F)c3ccc(OC(F)(F)F)cc3)c(N)n2)C(=O)N1. The van der Waals surface area contributed by atoms with Gasteiger partial charge in [-0.3, -0.25) is 14.6 Å². The van der Waals surface area contributed by atoms with Crippen LogP contribution in [0.4, 0.5) is 48.6 Å². The maximum atomic E-state index is 13.2. The molecular formula is C19H18F6N6O3. The molecule has 3 N–H and O–H groups in total. The number of nitrogen functional groups attached to an aromatic ring is 1. The second-order valence-corrected chi connectivity index (χ2v) is 7.92. The number of ether oxygens (including phenoxy) is 1. The number of nitrogens with two attached hydrogens (primary N) is 1. The Hall–Kier alpha value is -3.78. The molecule has 15 heteroatoms. The highest BCUT2D eigenvalue weighted by Crippen LogP contribution is 2.29. The lowest BCUT2D eigenvalue weighted by Gasteiger charge is -2.25. The first kappa shape index (κ1) is 24.9. The smallest absolute Gasteiger partial charge is 0.406 e. The van der Waals surface area contributed by atoms with Crippen LogP contribution in [0.5, 0.6) is 5.75 Å². The fourth-order valence-corrected chi connectivity index (χ4v) is 3.14. The summed E-state index contributed by atoms with van der Waals surface area (Å²) in [6.07, 6.45) is -8.98. The average Bonchev–Trinajstić information content (AvgIpc) is 2.96. The molecule has 1 aromatic carbocycles. The largest absolute Gasteiger partial charge is 0.573 e. The molecule has 0 saturated carbocycles. The molecule has 0 atom stereocenters. The molecule has 34 heavy (non-hydrogen) atoms. The minimum absolute atomic E-state index is 0.159. The number of hydrogen-bond donors (Lipinski definition) is 2. The molecule has 1 aliphatic heterocycles. The second-order valence-electron chi connectivity index (χ2n) is 7.92. The van der Waals surface area contributed by atoms with Crippen molar-refractivity contribution in [3.05, 3.63) is 36.0 Å². The summed E-state index contributed by atoms with van der Waals surface area (Å²) < 4.78 is 80.2. The first-order valence-corrected chi connectivity index (χ1v) is 9.51. The van der Waals surface area contributed by atoms with Crippen LogP contribution in [-0.2, 0) is 0 Å². The van der Waals surface area contributed by atoms with E-state index in [4.69, 9.17) is 5.73 Å². The number of benzene rings is 1. The van der Waals surface area contributed by atoms with Gasteiger partial charge in [-0.05, 0) is 38.1 Å². The highest BCUT2D eigenvalue weighted by Gasteiger charge is 2.38. The first-order valence-electron chi connectivity index (χ1n) is 9.51. The molecule has 1 fully saturated rings. The summed E-state index contributed by atoms with van der Waals surface area (Å²) in [5, 5.41) is 2.67. The Morgan fingerprint density at radius 3 is 2.29 bits per heavy atom. The Morgan fingerprint density at radius 2 is 1.82 bits per heavy atom. The number of aromatic nitrogens is 2.